The van der Waals surface area contributed by atoms with Crippen LogP contribution in [-0.4, -0.2) is 34.3 Å². The Bertz CT molecular complexity index is 1270. The minimum absolute atomic E-state index is 0.0390. The number of benzene rings is 1. The van der Waals surface area contributed by atoms with Crippen molar-refractivity contribution in [2.75, 3.05) is 23.9 Å². The Labute approximate surface area is 215 Å². The number of nitrogens with one attached hydrogen (secondary N) is 2. The molecule has 2 N–H and O–H groups in total. The van der Waals surface area contributed by atoms with Gasteiger partial charge in [0, 0.05) is 36.4 Å². The molecule has 0 spiro atoms. The fourth-order valence-corrected chi connectivity index (χ4v) is 5.59. The Balaban J connectivity index is 1.57. The molecule has 2 aromatic heterocycles. The van der Waals surface area contributed by atoms with E-state index in [0.717, 1.165) is 11.4 Å². The fraction of sp³-hybridized carbons (Fsp3) is 0.346. The molecule has 35 heavy (non-hydrogen) atoms. The zero-order chi connectivity index (χ0) is 24.7. The number of aryl methyl sites for hydroxylation is 1. The third-order valence-corrected chi connectivity index (χ3v) is 7.26. The summed E-state index contributed by atoms with van der Waals surface area (Å²) in [5.41, 5.74) is 6.02. The molecule has 182 valence electrons. The first kappa shape index (κ1) is 23.8. The minimum Gasteiger partial charge on any atom is -0.375 e. The Hall–Kier alpha value is -2.94. The van der Waals surface area contributed by atoms with Crippen molar-refractivity contribution < 1.29 is 9.53 Å². The second-order valence-electron chi connectivity index (χ2n) is 9.07. The maximum absolute atomic E-state index is 12.0. The van der Waals surface area contributed by atoms with E-state index >= 15 is 0 Å². The first-order valence-corrected chi connectivity index (χ1v) is 12.4. The zero-order valence-electron chi connectivity index (χ0n) is 19.9. The number of anilines is 2. The number of halogens is 1. The van der Waals surface area contributed by atoms with Crippen LogP contribution in [0.25, 0.3) is 0 Å². The summed E-state index contributed by atoms with van der Waals surface area (Å²) in [5, 5.41) is 7.32. The van der Waals surface area contributed by atoms with Gasteiger partial charge in [-0.2, -0.15) is 0 Å². The normalized spacial score (nSPS) is 19.7. The molecule has 7 nitrogen and oxygen atoms in total. The van der Waals surface area contributed by atoms with Gasteiger partial charge in [-0.3, -0.25) is 9.78 Å². The lowest BCUT2D eigenvalue weighted by Gasteiger charge is -2.28. The van der Waals surface area contributed by atoms with Crippen LogP contribution in [0.15, 0.2) is 48.7 Å². The van der Waals surface area contributed by atoms with Crippen molar-refractivity contribution in [2.24, 2.45) is 0 Å². The van der Waals surface area contributed by atoms with Crippen molar-refractivity contribution in [3.8, 4) is 0 Å². The number of pyridine rings is 1. The summed E-state index contributed by atoms with van der Waals surface area (Å²) >= 11 is 12.4. The second-order valence-corrected chi connectivity index (χ2v) is 9.86. The van der Waals surface area contributed by atoms with Gasteiger partial charge in [0.1, 0.15) is 6.61 Å². The van der Waals surface area contributed by atoms with Crippen LogP contribution in [0.2, 0.25) is 5.02 Å². The number of ether oxygens (including phenoxy) is 1. The number of rotatable bonds is 7. The Morgan fingerprint density at radius 3 is 2.71 bits per heavy atom. The molecule has 1 saturated heterocycles. The average Bonchev–Trinajstić information content (AvgIpc) is 3.54. The van der Waals surface area contributed by atoms with Gasteiger partial charge in [-0.1, -0.05) is 17.7 Å². The molecule has 1 aliphatic carbocycles. The standard InChI is InChI=1S/C26H28ClN5O2S/c1-15-12-19(16(2)31(15)17-7-8-17)25-24(22-6-4-5-11-28-22)30-26(35)32(25)18-9-10-21(20(27)13-18)29-23(33)14-34-3/h4-6,9-13,17,24-25H,7-8,14H2,1-3H3,(H,29,33)(H,30,35). The van der Waals surface area contributed by atoms with E-state index in [0.29, 0.717) is 21.9 Å². The van der Waals surface area contributed by atoms with Gasteiger partial charge in [-0.25, -0.2) is 0 Å². The number of thiocarbonyl (C=S) groups is 1. The van der Waals surface area contributed by atoms with E-state index in [4.69, 9.17) is 28.6 Å². The van der Waals surface area contributed by atoms with Crippen molar-refractivity contribution >= 4 is 46.2 Å². The lowest BCUT2D eigenvalue weighted by molar-refractivity contribution is -0.119. The van der Waals surface area contributed by atoms with Crippen LogP contribution < -0.4 is 15.5 Å². The number of hydrogen-bond donors (Lipinski definition) is 2. The lowest BCUT2D eigenvalue weighted by atomic mass is 9.96. The second kappa shape index (κ2) is 9.60. The first-order valence-electron chi connectivity index (χ1n) is 11.7. The Morgan fingerprint density at radius 2 is 2.06 bits per heavy atom. The van der Waals surface area contributed by atoms with Gasteiger partial charge in [-0.15, -0.1) is 0 Å². The van der Waals surface area contributed by atoms with Gasteiger partial charge in [0.05, 0.1) is 28.5 Å². The molecule has 3 aromatic rings. The number of carbonyl (C=O) groups excluding carboxylic acids is 1. The lowest BCUT2D eigenvalue weighted by Crippen LogP contribution is -2.29. The van der Waals surface area contributed by atoms with E-state index in [1.54, 1.807) is 6.07 Å². The number of nitrogens with zero attached hydrogens (tertiary/aromatic N) is 3. The Kier molecular flexibility index (Phi) is 6.53. The molecule has 0 bridgehead atoms. The van der Waals surface area contributed by atoms with Gasteiger partial charge in [-0.05, 0) is 80.9 Å². The average molecular weight is 510 g/mol. The van der Waals surface area contributed by atoms with Gasteiger partial charge < -0.3 is 24.8 Å². The summed E-state index contributed by atoms with van der Waals surface area (Å²) in [7, 11) is 1.48. The molecule has 3 heterocycles. The van der Waals surface area contributed by atoms with Gasteiger partial charge in [0.2, 0.25) is 5.91 Å². The molecule has 1 saturated carbocycles. The SMILES string of the molecule is COCC(=O)Nc1ccc(N2C(=S)NC(c3ccccn3)C2c2cc(C)n(C3CC3)c2C)cc1Cl. The summed E-state index contributed by atoms with van der Waals surface area (Å²) in [6.45, 7) is 4.32. The predicted octanol–water partition coefficient (Wildman–Crippen LogP) is 5.25. The summed E-state index contributed by atoms with van der Waals surface area (Å²) in [5.74, 6) is -0.263. The molecule has 0 radical (unpaired) electrons. The molecule has 5 rings (SSSR count). The number of aromatic nitrogens is 2. The van der Waals surface area contributed by atoms with E-state index in [1.807, 2.05) is 36.5 Å². The van der Waals surface area contributed by atoms with Crippen LogP contribution >= 0.6 is 23.8 Å². The molecule has 2 unspecified atom stereocenters. The molecule has 1 aliphatic heterocycles. The van der Waals surface area contributed by atoms with Crippen LogP contribution in [0.1, 0.15) is 53.6 Å². The third-order valence-electron chi connectivity index (χ3n) is 6.63. The number of hydrogen-bond acceptors (Lipinski definition) is 4. The van der Waals surface area contributed by atoms with Crippen molar-refractivity contribution in [1.29, 1.82) is 0 Å². The van der Waals surface area contributed by atoms with E-state index in [1.165, 1.54) is 36.9 Å². The quantitative estimate of drug-likeness (QED) is 0.424. The molecule has 1 aromatic carbocycles. The summed E-state index contributed by atoms with van der Waals surface area (Å²) in [6, 6.07) is 14.1. The molecule has 9 heteroatoms. The minimum atomic E-state index is -0.263. The molecular weight excluding hydrogens is 482 g/mol. The highest BCUT2D eigenvalue weighted by Crippen LogP contribution is 2.46. The maximum Gasteiger partial charge on any atom is 0.250 e. The number of amides is 1. The van der Waals surface area contributed by atoms with Crippen LogP contribution in [-0.2, 0) is 9.53 Å². The number of methoxy groups -OCH3 is 1. The van der Waals surface area contributed by atoms with Crippen LogP contribution in [0.3, 0.4) is 0 Å². The number of carbonyl (C=O) groups is 1. The molecule has 1 amide bonds. The van der Waals surface area contributed by atoms with Crippen molar-refractivity contribution in [1.82, 2.24) is 14.9 Å². The first-order chi connectivity index (χ1) is 16.9. The smallest absolute Gasteiger partial charge is 0.250 e. The maximum atomic E-state index is 12.0. The van der Waals surface area contributed by atoms with Gasteiger partial charge >= 0.3 is 0 Å². The molecule has 2 aliphatic rings. The van der Waals surface area contributed by atoms with Crippen molar-refractivity contribution in [2.45, 2.75) is 44.8 Å². The molecule has 2 atom stereocenters. The third kappa shape index (κ3) is 4.53. The van der Waals surface area contributed by atoms with E-state index in [-0.39, 0.29) is 24.6 Å². The highest BCUT2D eigenvalue weighted by molar-refractivity contribution is 7.80. The molecular formula is C26H28ClN5O2S. The Morgan fingerprint density at radius 1 is 1.26 bits per heavy atom. The van der Waals surface area contributed by atoms with Crippen molar-refractivity contribution in [3.63, 3.8) is 0 Å². The predicted molar refractivity (Wildman–Crippen MR) is 142 cm³/mol. The highest BCUT2D eigenvalue weighted by atomic mass is 35.5. The van der Waals surface area contributed by atoms with Crippen LogP contribution in [0.4, 0.5) is 11.4 Å². The summed E-state index contributed by atoms with van der Waals surface area (Å²) in [4.78, 5) is 18.7. The van der Waals surface area contributed by atoms with E-state index in [9.17, 15) is 4.79 Å². The highest BCUT2D eigenvalue weighted by Gasteiger charge is 2.43. The van der Waals surface area contributed by atoms with Gasteiger partial charge in [0.25, 0.3) is 0 Å². The summed E-state index contributed by atoms with van der Waals surface area (Å²) in [6.07, 6.45) is 4.24. The molecule has 2 fully saturated rings. The largest absolute Gasteiger partial charge is 0.375 e. The van der Waals surface area contributed by atoms with Crippen LogP contribution in [0.5, 0.6) is 0 Å². The zero-order valence-corrected chi connectivity index (χ0v) is 21.5. The van der Waals surface area contributed by atoms with Crippen LogP contribution in [0, 0.1) is 13.8 Å². The van der Waals surface area contributed by atoms with E-state index in [2.05, 4.69) is 45.0 Å². The topological polar surface area (TPSA) is 71.4 Å². The van der Waals surface area contributed by atoms with E-state index < -0.39 is 0 Å². The fourth-order valence-electron chi connectivity index (χ4n) is 5.02. The van der Waals surface area contributed by atoms with Gasteiger partial charge in [0.15, 0.2) is 5.11 Å². The monoisotopic (exact) mass is 509 g/mol. The summed E-state index contributed by atoms with van der Waals surface area (Å²) < 4.78 is 7.35. The van der Waals surface area contributed by atoms with Crippen molar-refractivity contribution in [3.05, 3.63) is 76.3 Å².